The Labute approximate surface area is 718 Å². The quantitative estimate of drug-likeness (QED) is 0.0129. The number of hydrogen-bond donors (Lipinski definition) is 16. The van der Waals surface area contributed by atoms with Crippen LogP contribution in [-0.4, -0.2) is 198 Å². The summed E-state index contributed by atoms with van der Waals surface area (Å²) in [4.78, 5) is 176. The van der Waals surface area contributed by atoms with Gasteiger partial charge in [0.1, 0.15) is 60.4 Å². The fourth-order valence-corrected chi connectivity index (χ4v) is 14.9. The summed E-state index contributed by atoms with van der Waals surface area (Å²) in [5.74, 6) is -9.18. The molecule has 32 heteroatoms. The number of unbranched alkanes of at least 4 members (excludes halogenated alkanes) is 8. The Morgan fingerprint density at radius 1 is 0.492 bits per heavy atom. The van der Waals surface area contributed by atoms with E-state index in [0.29, 0.717) is 90.6 Å². The number of hydrogen-bond acceptors (Lipinski definition) is 16. The van der Waals surface area contributed by atoms with E-state index in [0.717, 1.165) is 42.0 Å². The van der Waals surface area contributed by atoms with Gasteiger partial charge in [-0.15, -0.1) is 0 Å². The molecule has 2 heterocycles. The van der Waals surface area contributed by atoms with Crippen molar-refractivity contribution in [2.75, 3.05) is 51.3 Å². The molecular formula is C90H122ClN17O14. The highest BCUT2D eigenvalue weighted by Gasteiger charge is 2.41. The van der Waals surface area contributed by atoms with Crippen LogP contribution >= 0.6 is 11.6 Å². The second-order valence-corrected chi connectivity index (χ2v) is 32.4. The van der Waals surface area contributed by atoms with Crippen molar-refractivity contribution >= 4 is 105 Å². The summed E-state index contributed by atoms with van der Waals surface area (Å²) in [6.07, 6.45) is 9.94. The zero-order chi connectivity index (χ0) is 88.0. The van der Waals surface area contributed by atoms with Gasteiger partial charge in [0.25, 0.3) is 0 Å². The fourth-order valence-electron chi connectivity index (χ4n) is 14.8. The maximum Gasteiger partial charge on any atom is 0.312 e. The van der Waals surface area contributed by atoms with Gasteiger partial charge in [-0.25, -0.2) is 4.79 Å². The number of primary amides is 2. The van der Waals surface area contributed by atoms with Gasteiger partial charge in [-0.05, 0) is 120 Å². The van der Waals surface area contributed by atoms with Gasteiger partial charge in [-0.3, -0.25) is 63.0 Å². The number of likely N-dealkylation sites (tertiary alicyclic amines) is 1. The van der Waals surface area contributed by atoms with Crippen molar-refractivity contribution in [2.24, 2.45) is 23.1 Å². The molecular weight excluding hydrogens is 1580 g/mol. The van der Waals surface area contributed by atoms with Crippen molar-refractivity contribution < 1.29 is 67.4 Å². The summed E-state index contributed by atoms with van der Waals surface area (Å²) in [7, 11) is 0. The Bertz CT molecular complexity index is 4460. The minimum atomic E-state index is -1.83. The standard InChI is InChI=1S/C90H122ClN17O14/c1-5-6-7-8-9-10-11-12-16-27-78(110)98-68-40-35-62(36-41-68)53-73(81(113)100-70(48-57(2)3)80(112)99-69(25-19-42-96-89(93)94)88(120)108-43-20-26-77(108)87(119)97-58(4)79(92)111)102-83(115)74(51-60-28-30-63(31-29-60)55-107-44-46-122-47-45-107)104-86(118)76(56-109)105-84(116)71(50-59-21-14-13-15-22-59)101-82(114)72(52-61-33-38-67(91)39-34-61)103-85(117)75(106-90(95)121)54-64-32-37-65-23-17-18-24-66(65)49-64/h13-15,17-18,21-24,28-41,49,57-58,69-77,109H,5-12,16,19-20,25-27,42-48,50-56H2,1-4H3,(H2,92,111)(H,97,119)(H,98,110)(H,99,112)(H,100,113)(H,101,114)(H,102,115)(H,103,117)(H,104,118)(H,105,116)(H4,93,94,96)(H3,95,106,121)/t58-,69+,70+,71-,72-,73-,74+,75-,76+,77+/m1/s1. The molecule has 0 aromatic heterocycles. The SMILES string of the molecule is CCCCCCCCCCCC(=O)Nc1ccc(C[C@@H](NC(=O)[C@H](Cc2ccc(CN3CCOCC3)cc2)NC(=O)[C@H](CO)NC(=O)[C@@H](Cc2ccccc2)NC(=O)[C@@H](Cc2ccc(Cl)cc2)NC(=O)[C@@H](Cc2ccc3ccccc3c2)NC(N)=O)C(=O)N[C@@H](CC(C)C)C(=O)N[C@@H](CCCNC(=N)N)C(=O)N2CCC[C@H]2C(=O)N[C@H](C)C(N)=O)cc1. The number of aliphatic hydroxyl groups excluding tert-OH is 1. The molecule has 658 valence electrons. The second kappa shape index (κ2) is 50.0. The second-order valence-electron chi connectivity index (χ2n) is 31.9. The molecule has 31 nitrogen and oxygen atoms in total. The number of urea groups is 1. The predicted octanol–water partition coefficient (Wildman–Crippen LogP) is 5.41. The first-order chi connectivity index (χ1) is 58.6. The number of rotatable bonds is 49. The molecule has 0 spiro atoms. The zero-order valence-electron chi connectivity index (χ0n) is 70.3. The molecule has 10 atom stereocenters. The number of fused-ring (bicyclic) bond motifs is 1. The topological polar surface area (TPSA) is 475 Å². The molecule has 13 amide bonds. The van der Waals surface area contributed by atoms with E-state index in [4.69, 9.17) is 38.9 Å². The number of benzene rings is 6. The molecule has 2 saturated heterocycles. The third-order valence-electron chi connectivity index (χ3n) is 21.6. The van der Waals surface area contributed by atoms with Crippen LogP contribution in [0.15, 0.2) is 146 Å². The maximum absolute atomic E-state index is 15.6. The highest BCUT2D eigenvalue weighted by molar-refractivity contribution is 6.30. The number of guanidine groups is 1. The summed E-state index contributed by atoms with van der Waals surface area (Å²) in [5, 5.41) is 51.3. The van der Waals surface area contributed by atoms with E-state index in [1.165, 1.54) is 37.5 Å². The normalized spacial score (nSPS) is 15.6. The van der Waals surface area contributed by atoms with Gasteiger partial charge in [0.05, 0.1) is 19.8 Å². The fraction of sp³-hybridized carbons (Fsp3) is 0.478. The molecule has 0 saturated carbocycles. The number of anilines is 1. The number of ether oxygens (including phenoxy) is 1. The largest absolute Gasteiger partial charge is 0.394 e. The average Bonchev–Trinajstić information content (AvgIpc) is 1.55. The molecule has 2 fully saturated rings. The van der Waals surface area contributed by atoms with Gasteiger partial charge in [0, 0.05) is 82.0 Å². The van der Waals surface area contributed by atoms with E-state index in [2.05, 4.69) is 70.3 Å². The minimum Gasteiger partial charge on any atom is -0.394 e. The first kappa shape index (κ1) is 95.9. The van der Waals surface area contributed by atoms with Crippen LogP contribution in [0.2, 0.25) is 5.02 Å². The summed E-state index contributed by atoms with van der Waals surface area (Å²) < 4.78 is 5.58. The summed E-state index contributed by atoms with van der Waals surface area (Å²) >= 11 is 6.29. The van der Waals surface area contributed by atoms with Crippen LogP contribution in [0.5, 0.6) is 0 Å². The lowest BCUT2D eigenvalue weighted by molar-refractivity contribution is -0.142. The highest BCUT2D eigenvalue weighted by atomic mass is 35.5. The molecule has 0 radical (unpaired) electrons. The molecule has 122 heavy (non-hydrogen) atoms. The molecule has 8 rings (SSSR count). The Balaban J connectivity index is 1.09. The average molecular weight is 1700 g/mol. The monoisotopic (exact) mass is 1700 g/mol. The minimum absolute atomic E-state index is 0.00692. The van der Waals surface area contributed by atoms with Crippen LogP contribution in [0, 0.1) is 11.3 Å². The Morgan fingerprint density at radius 2 is 0.943 bits per heavy atom. The number of nitrogens with zero attached hydrogens (tertiary/aromatic N) is 2. The molecule has 0 aliphatic carbocycles. The summed E-state index contributed by atoms with van der Waals surface area (Å²) in [6.45, 7) is 9.51. The van der Waals surface area contributed by atoms with Gasteiger partial charge in [-0.2, -0.15) is 0 Å². The number of nitrogens with one attached hydrogen (secondary N) is 12. The van der Waals surface area contributed by atoms with Crippen molar-refractivity contribution in [1.29, 1.82) is 5.41 Å². The molecule has 2 aliphatic heterocycles. The number of carbonyl (C=O) groups excluding carboxylic acids is 12. The predicted molar refractivity (Wildman–Crippen MR) is 467 cm³/mol. The van der Waals surface area contributed by atoms with Gasteiger partial charge >= 0.3 is 6.03 Å². The number of morpholine rings is 1. The van der Waals surface area contributed by atoms with Crippen molar-refractivity contribution in [2.45, 2.75) is 223 Å². The van der Waals surface area contributed by atoms with Crippen molar-refractivity contribution in [1.82, 2.24) is 63.0 Å². The Hall–Kier alpha value is -11.5. The van der Waals surface area contributed by atoms with Crippen LogP contribution in [-0.2, 0) is 96.1 Å². The number of nitrogens with two attached hydrogens (primary N) is 3. The maximum atomic E-state index is 15.6. The first-order valence-electron chi connectivity index (χ1n) is 42.4. The molecule has 6 aromatic carbocycles. The number of carbonyl (C=O) groups is 12. The van der Waals surface area contributed by atoms with Crippen LogP contribution in [0.25, 0.3) is 10.8 Å². The smallest absolute Gasteiger partial charge is 0.312 e. The highest BCUT2D eigenvalue weighted by Crippen LogP contribution is 2.24. The lowest BCUT2D eigenvalue weighted by Gasteiger charge is -2.31. The van der Waals surface area contributed by atoms with Crippen LogP contribution in [0.3, 0.4) is 0 Å². The van der Waals surface area contributed by atoms with E-state index in [9.17, 15) is 33.9 Å². The zero-order valence-corrected chi connectivity index (χ0v) is 71.0. The molecule has 6 aromatic rings. The molecule has 2 aliphatic rings. The van der Waals surface area contributed by atoms with Gasteiger partial charge in [-0.1, -0.05) is 205 Å². The lowest BCUT2D eigenvalue weighted by atomic mass is 9.99. The number of halogens is 1. The van der Waals surface area contributed by atoms with Crippen LogP contribution in [0.1, 0.15) is 157 Å². The van der Waals surface area contributed by atoms with Crippen molar-refractivity contribution in [3.05, 3.63) is 184 Å². The van der Waals surface area contributed by atoms with Gasteiger partial charge < -0.3 is 90.4 Å². The third-order valence-corrected chi connectivity index (χ3v) is 21.8. The van der Waals surface area contributed by atoms with E-state index in [1.807, 2.05) is 62.4 Å². The summed E-state index contributed by atoms with van der Waals surface area (Å²) in [6, 6.07) is 27.1. The Kier molecular flexibility index (Phi) is 39.3. The van der Waals surface area contributed by atoms with Crippen molar-refractivity contribution in [3.8, 4) is 0 Å². The summed E-state index contributed by atoms with van der Waals surface area (Å²) in [5.41, 5.74) is 20.9. The van der Waals surface area contributed by atoms with E-state index < -0.39 is 132 Å². The number of aliphatic hydroxyl groups is 1. The van der Waals surface area contributed by atoms with E-state index in [-0.39, 0.29) is 88.7 Å². The van der Waals surface area contributed by atoms with Crippen LogP contribution in [0.4, 0.5) is 10.5 Å². The molecule has 0 bridgehead atoms. The van der Waals surface area contributed by atoms with E-state index in [1.54, 1.807) is 97.1 Å². The van der Waals surface area contributed by atoms with E-state index >= 15 is 28.8 Å². The Morgan fingerprint density at radius 3 is 1.48 bits per heavy atom. The molecule has 0 unspecified atom stereocenters. The third kappa shape index (κ3) is 32.5. The van der Waals surface area contributed by atoms with Gasteiger partial charge in [0.15, 0.2) is 5.96 Å². The van der Waals surface area contributed by atoms with Crippen molar-refractivity contribution in [3.63, 3.8) is 0 Å². The molecule has 19 N–H and O–H groups in total. The van der Waals surface area contributed by atoms with Gasteiger partial charge in [0.2, 0.25) is 65.0 Å². The number of amides is 13. The van der Waals surface area contributed by atoms with Crippen LogP contribution < -0.4 is 75.7 Å². The lowest BCUT2D eigenvalue weighted by Crippen LogP contribution is -2.62. The first-order valence-corrected chi connectivity index (χ1v) is 42.8.